The first-order chi connectivity index (χ1) is 11.6. The van der Waals surface area contributed by atoms with E-state index in [2.05, 4.69) is 15.6 Å². The monoisotopic (exact) mass is 329 g/mol. The summed E-state index contributed by atoms with van der Waals surface area (Å²) in [6, 6.07) is 9.19. The normalized spacial score (nSPS) is 11.4. The average Bonchev–Trinajstić information content (AvgIpc) is 2.60. The SMILES string of the molecule is COc1cccc(NC(=O)C(CO)NC(=O)Cc2ccncc2)c1. The van der Waals surface area contributed by atoms with Gasteiger partial charge in [0.25, 0.3) is 0 Å². The fourth-order valence-corrected chi connectivity index (χ4v) is 2.06. The molecule has 0 bridgehead atoms. The lowest BCUT2D eigenvalue weighted by Crippen LogP contribution is -2.46. The lowest BCUT2D eigenvalue weighted by Gasteiger charge is -2.16. The molecule has 1 unspecified atom stereocenters. The molecule has 3 N–H and O–H groups in total. The maximum atomic E-state index is 12.2. The van der Waals surface area contributed by atoms with Crippen LogP contribution < -0.4 is 15.4 Å². The molecule has 2 amide bonds. The number of nitrogens with zero attached hydrogens (tertiary/aromatic N) is 1. The molecule has 0 aliphatic carbocycles. The van der Waals surface area contributed by atoms with Gasteiger partial charge in [-0.05, 0) is 29.8 Å². The maximum absolute atomic E-state index is 12.2. The van der Waals surface area contributed by atoms with Crippen LogP contribution in [0.25, 0.3) is 0 Å². The zero-order chi connectivity index (χ0) is 17.4. The summed E-state index contributed by atoms with van der Waals surface area (Å²) >= 11 is 0. The van der Waals surface area contributed by atoms with Gasteiger partial charge >= 0.3 is 0 Å². The van der Waals surface area contributed by atoms with Gasteiger partial charge in [0.05, 0.1) is 20.1 Å². The minimum absolute atomic E-state index is 0.103. The molecule has 7 heteroatoms. The number of carbonyl (C=O) groups is 2. The molecule has 24 heavy (non-hydrogen) atoms. The number of ether oxygens (including phenoxy) is 1. The molecule has 2 aromatic rings. The van der Waals surface area contributed by atoms with Crippen LogP contribution in [0.4, 0.5) is 5.69 Å². The molecule has 1 atom stereocenters. The molecule has 1 heterocycles. The van der Waals surface area contributed by atoms with Crippen molar-refractivity contribution in [3.8, 4) is 5.75 Å². The van der Waals surface area contributed by atoms with Crippen molar-refractivity contribution in [1.29, 1.82) is 0 Å². The molecule has 1 aromatic heterocycles. The van der Waals surface area contributed by atoms with E-state index in [0.717, 1.165) is 5.56 Å². The largest absolute Gasteiger partial charge is 0.497 e. The minimum atomic E-state index is -1.04. The number of aromatic nitrogens is 1. The number of carbonyl (C=O) groups excluding carboxylic acids is 2. The minimum Gasteiger partial charge on any atom is -0.497 e. The van der Waals surface area contributed by atoms with Gasteiger partial charge in [0, 0.05) is 24.1 Å². The Bertz CT molecular complexity index is 691. The van der Waals surface area contributed by atoms with Crippen molar-refractivity contribution >= 4 is 17.5 Å². The van der Waals surface area contributed by atoms with Gasteiger partial charge < -0.3 is 20.5 Å². The average molecular weight is 329 g/mol. The topological polar surface area (TPSA) is 101 Å². The second-order valence-corrected chi connectivity index (χ2v) is 5.06. The standard InChI is InChI=1S/C17H19N3O4/c1-24-14-4-2-3-13(10-14)19-17(23)15(11-21)20-16(22)9-12-5-7-18-8-6-12/h2-8,10,15,21H,9,11H2,1H3,(H,19,23)(H,20,22). The van der Waals surface area contributed by atoms with Gasteiger partial charge in [-0.1, -0.05) is 6.07 Å². The van der Waals surface area contributed by atoms with E-state index in [1.54, 1.807) is 48.8 Å². The Morgan fingerprint density at radius 1 is 1.25 bits per heavy atom. The Balaban J connectivity index is 1.94. The highest BCUT2D eigenvalue weighted by atomic mass is 16.5. The summed E-state index contributed by atoms with van der Waals surface area (Å²) in [7, 11) is 1.52. The number of anilines is 1. The molecule has 0 fully saturated rings. The van der Waals surface area contributed by atoms with Crippen molar-refractivity contribution in [2.24, 2.45) is 0 Å². The highest BCUT2D eigenvalue weighted by Crippen LogP contribution is 2.16. The Morgan fingerprint density at radius 2 is 2.00 bits per heavy atom. The molecule has 2 rings (SSSR count). The maximum Gasteiger partial charge on any atom is 0.249 e. The number of rotatable bonds is 7. The summed E-state index contributed by atoms with van der Waals surface area (Å²) in [5.41, 5.74) is 1.29. The van der Waals surface area contributed by atoms with Gasteiger partial charge in [0.15, 0.2) is 0 Å². The van der Waals surface area contributed by atoms with E-state index in [4.69, 9.17) is 4.74 Å². The Kier molecular flexibility index (Phi) is 6.27. The predicted molar refractivity (Wildman–Crippen MR) is 88.6 cm³/mol. The first kappa shape index (κ1) is 17.4. The van der Waals surface area contributed by atoms with Gasteiger partial charge in [0.1, 0.15) is 11.8 Å². The summed E-state index contributed by atoms with van der Waals surface area (Å²) < 4.78 is 5.08. The first-order valence-electron chi connectivity index (χ1n) is 7.36. The fourth-order valence-electron chi connectivity index (χ4n) is 2.06. The molecule has 126 valence electrons. The van der Waals surface area contributed by atoms with Gasteiger partial charge in [0.2, 0.25) is 11.8 Å². The molecule has 0 saturated carbocycles. The van der Waals surface area contributed by atoms with E-state index < -0.39 is 18.6 Å². The van der Waals surface area contributed by atoms with E-state index in [1.807, 2.05) is 0 Å². The molecule has 0 aliphatic rings. The van der Waals surface area contributed by atoms with Gasteiger partial charge in [-0.15, -0.1) is 0 Å². The number of hydrogen-bond acceptors (Lipinski definition) is 5. The van der Waals surface area contributed by atoms with Crippen LogP contribution in [0, 0.1) is 0 Å². The third kappa shape index (κ3) is 5.06. The predicted octanol–water partition coefficient (Wildman–Crippen LogP) is 0.748. The smallest absolute Gasteiger partial charge is 0.249 e. The number of aliphatic hydroxyl groups excluding tert-OH is 1. The van der Waals surface area contributed by atoms with Crippen LogP contribution in [0.2, 0.25) is 0 Å². The van der Waals surface area contributed by atoms with Crippen molar-refractivity contribution in [1.82, 2.24) is 10.3 Å². The number of hydrogen-bond donors (Lipinski definition) is 3. The van der Waals surface area contributed by atoms with Crippen molar-refractivity contribution in [3.63, 3.8) is 0 Å². The highest BCUT2D eigenvalue weighted by Gasteiger charge is 2.20. The van der Waals surface area contributed by atoms with Crippen molar-refractivity contribution in [2.75, 3.05) is 19.0 Å². The number of nitrogens with one attached hydrogen (secondary N) is 2. The van der Waals surface area contributed by atoms with Gasteiger partial charge in [-0.2, -0.15) is 0 Å². The molecule has 0 spiro atoms. The lowest BCUT2D eigenvalue weighted by molar-refractivity contribution is -0.126. The molecule has 7 nitrogen and oxygen atoms in total. The zero-order valence-electron chi connectivity index (χ0n) is 13.2. The number of pyridine rings is 1. The Hall–Kier alpha value is -2.93. The number of aliphatic hydroxyl groups is 1. The Labute approximate surface area is 139 Å². The third-order valence-corrected chi connectivity index (χ3v) is 3.29. The number of benzene rings is 1. The van der Waals surface area contributed by atoms with Crippen LogP contribution in [-0.4, -0.2) is 41.7 Å². The van der Waals surface area contributed by atoms with Gasteiger partial charge in [-0.25, -0.2) is 0 Å². The fraction of sp³-hybridized carbons (Fsp3) is 0.235. The van der Waals surface area contributed by atoms with Crippen LogP contribution in [0.3, 0.4) is 0 Å². The van der Waals surface area contributed by atoms with Crippen LogP contribution in [-0.2, 0) is 16.0 Å². The number of amides is 2. The summed E-state index contributed by atoms with van der Waals surface area (Å²) in [6.07, 6.45) is 3.27. The van der Waals surface area contributed by atoms with E-state index in [9.17, 15) is 14.7 Å². The second-order valence-electron chi connectivity index (χ2n) is 5.06. The highest BCUT2D eigenvalue weighted by molar-refractivity contribution is 5.97. The lowest BCUT2D eigenvalue weighted by atomic mass is 10.2. The van der Waals surface area contributed by atoms with E-state index in [-0.39, 0.29) is 12.3 Å². The van der Waals surface area contributed by atoms with Gasteiger partial charge in [-0.3, -0.25) is 14.6 Å². The zero-order valence-corrected chi connectivity index (χ0v) is 13.2. The van der Waals surface area contributed by atoms with Crippen molar-refractivity contribution in [2.45, 2.75) is 12.5 Å². The van der Waals surface area contributed by atoms with Crippen molar-refractivity contribution in [3.05, 3.63) is 54.4 Å². The summed E-state index contributed by atoms with van der Waals surface area (Å²) in [6.45, 7) is -0.502. The summed E-state index contributed by atoms with van der Waals surface area (Å²) in [4.78, 5) is 28.1. The van der Waals surface area contributed by atoms with Crippen LogP contribution in [0.1, 0.15) is 5.56 Å². The van der Waals surface area contributed by atoms with Crippen molar-refractivity contribution < 1.29 is 19.4 Å². The molecular weight excluding hydrogens is 310 g/mol. The quantitative estimate of drug-likeness (QED) is 0.696. The molecular formula is C17H19N3O4. The van der Waals surface area contributed by atoms with E-state index in [1.165, 1.54) is 7.11 Å². The third-order valence-electron chi connectivity index (χ3n) is 3.29. The van der Waals surface area contributed by atoms with E-state index >= 15 is 0 Å². The number of methoxy groups -OCH3 is 1. The molecule has 0 radical (unpaired) electrons. The Morgan fingerprint density at radius 3 is 2.67 bits per heavy atom. The summed E-state index contributed by atoms with van der Waals surface area (Å²) in [5.74, 6) is -0.273. The van der Waals surface area contributed by atoms with Crippen LogP contribution in [0.15, 0.2) is 48.8 Å². The molecule has 0 saturated heterocycles. The van der Waals surface area contributed by atoms with Crippen LogP contribution >= 0.6 is 0 Å². The van der Waals surface area contributed by atoms with E-state index in [0.29, 0.717) is 11.4 Å². The molecule has 0 aliphatic heterocycles. The summed E-state index contributed by atoms with van der Waals surface area (Å²) in [5, 5.41) is 14.5. The molecule has 1 aromatic carbocycles. The second kappa shape index (κ2) is 8.64. The van der Waals surface area contributed by atoms with Crippen LogP contribution in [0.5, 0.6) is 5.75 Å². The first-order valence-corrected chi connectivity index (χ1v) is 7.36.